The van der Waals surface area contributed by atoms with Crippen LogP contribution in [0.4, 0.5) is 11.4 Å². The van der Waals surface area contributed by atoms with E-state index in [1.54, 1.807) is 7.05 Å². The fourth-order valence-corrected chi connectivity index (χ4v) is 3.98. The van der Waals surface area contributed by atoms with Gasteiger partial charge in [-0.25, -0.2) is 0 Å². The zero-order chi connectivity index (χ0) is 20.2. The molecular weight excluding hydrogens is 493 g/mol. The van der Waals surface area contributed by atoms with Crippen molar-refractivity contribution in [2.75, 3.05) is 36.9 Å². The largest absolute Gasteiger partial charge is 0.356 e. The molecule has 2 aliphatic rings. The van der Waals surface area contributed by atoms with Crippen LogP contribution in [0.5, 0.6) is 0 Å². The normalized spacial score (nSPS) is 17.4. The summed E-state index contributed by atoms with van der Waals surface area (Å²) >= 11 is 0. The van der Waals surface area contributed by atoms with Crippen LogP contribution < -0.4 is 20.9 Å². The van der Waals surface area contributed by atoms with Crippen molar-refractivity contribution >= 4 is 53.1 Å². The summed E-state index contributed by atoms with van der Waals surface area (Å²) in [7, 11) is 1.67. The zero-order valence-electron chi connectivity index (χ0n) is 16.9. The molecule has 0 fully saturated rings. The maximum atomic E-state index is 12.7. The first-order valence-corrected chi connectivity index (χ1v) is 9.87. The van der Waals surface area contributed by atoms with E-state index < -0.39 is 0 Å². The minimum Gasteiger partial charge on any atom is -0.356 e. The summed E-state index contributed by atoms with van der Waals surface area (Å²) in [6.07, 6.45) is 1.31. The predicted octanol–water partition coefficient (Wildman–Crippen LogP) is 2.48. The number of nitrogens with zero attached hydrogens (tertiary/aromatic N) is 2. The highest BCUT2D eigenvalue weighted by atomic mass is 127. The van der Waals surface area contributed by atoms with Crippen molar-refractivity contribution in [3.8, 4) is 0 Å². The fourth-order valence-electron chi connectivity index (χ4n) is 3.98. The Kier molecular flexibility index (Phi) is 7.30. The third-order valence-corrected chi connectivity index (χ3v) is 5.44. The summed E-state index contributed by atoms with van der Waals surface area (Å²) in [4.78, 5) is 30.7. The van der Waals surface area contributed by atoms with Gasteiger partial charge in [-0.15, -0.1) is 24.0 Å². The van der Waals surface area contributed by atoms with E-state index in [1.165, 1.54) is 5.56 Å². The standard InChI is InChI=1S/C22H25N5O2.HI/c1-23-22(24-13-16-12-20(28)26-18-8-4-3-7-17(16)18)25-14-21(29)27-11-10-15-6-2-5-9-19(15)27;/h2-9,16H,10-14H2,1H3,(H,26,28)(H2,23,24,25);1H. The van der Waals surface area contributed by atoms with Gasteiger partial charge in [0, 0.05) is 43.9 Å². The quantitative estimate of drug-likeness (QED) is 0.329. The minimum absolute atomic E-state index is 0. The van der Waals surface area contributed by atoms with E-state index in [2.05, 4.69) is 27.0 Å². The molecule has 158 valence electrons. The second kappa shape index (κ2) is 9.92. The molecule has 1 unspecified atom stereocenters. The maximum absolute atomic E-state index is 12.7. The van der Waals surface area contributed by atoms with Crippen molar-refractivity contribution in [2.24, 2.45) is 4.99 Å². The van der Waals surface area contributed by atoms with Crippen LogP contribution >= 0.6 is 24.0 Å². The Balaban J connectivity index is 0.00000256. The third kappa shape index (κ3) is 4.75. The third-order valence-electron chi connectivity index (χ3n) is 5.44. The lowest BCUT2D eigenvalue weighted by molar-refractivity contribution is -0.118. The summed E-state index contributed by atoms with van der Waals surface area (Å²) in [5, 5.41) is 9.26. The van der Waals surface area contributed by atoms with Crippen LogP contribution in [0.25, 0.3) is 0 Å². The summed E-state index contributed by atoms with van der Waals surface area (Å²) in [5.74, 6) is 0.635. The molecule has 0 bridgehead atoms. The Bertz CT molecular complexity index is 962. The van der Waals surface area contributed by atoms with Crippen LogP contribution in [-0.4, -0.2) is 44.5 Å². The monoisotopic (exact) mass is 519 g/mol. The van der Waals surface area contributed by atoms with Crippen molar-refractivity contribution in [1.82, 2.24) is 10.6 Å². The highest BCUT2D eigenvalue weighted by Crippen LogP contribution is 2.31. The number of rotatable bonds is 4. The number of nitrogens with one attached hydrogen (secondary N) is 3. The lowest BCUT2D eigenvalue weighted by Gasteiger charge is -2.26. The first-order chi connectivity index (χ1) is 14.2. The summed E-state index contributed by atoms with van der Waals surface area (Å²) in [6.45, 7) is 1.43. The number of fused-ring (bicyclic) bond motifs is 2. The Hall–Kier alpha value is -2.62. The fraction of sp³-hybridized carbons (Fsp3) is 0.318. The van der Waals surface area contributed by atoms with Crippen molar-refractivity contribution < 1.29 is 9.59 Å². The van der Waals surface area contributed by atoms with E-state index in [1.807, 2.05) is 47.4 Å². The summed E-state index contributed by atoms with van der Waals surface area (Å²) in [6, 6.07) is 15.8. The van der Waals surface area contributed by atoms with E-state index in [4.69, 9.17) is 0 Å². The van der Waals surface area contributed by atoms with Crippen molar-refractivity contribution in [1.29, 1.82) is 0 Å². The van der Waals surface area contributed by atoms with Crippen molar-refractivity contribution in [3.05, 3.63) is 59.7 Å². The average molecular weight is 519 g/mol. The average Bonchev–Trinajstić information content (AvgIpc) is 3.17. The van der Waals surface area contributed by atoms with Crippen LogP contribution in [0.15, 0.2) is 53.5 Å². The van der Waals surface area contributed by atoms with Gasteiger partial charge in [0.1, 0.15) is 0 Å². The van der Waals surface area contributed by atoms with Crippen LogP contribution in [-0.2, 0) is 16.0 Å². The van der Waals surface area contributed by atoms with Crippen molar-refractivity contribution in [2.45, 2.75) is 18.8 Å². The second-order valence-corrected chi connectivity index (χ2v) is 7.27. The van der Waals surface area contributed by atoms with Crippen LogP contribution in [0, 0.1) is 0 Å². The van der Waals surface area contributed by atoms with Gasteiger partial charge in [0.2, 0.25) is 11.8 Å². The van der Waals surface area contributed by atoms with Crippen LogP contribution in [0.2, 0.25) is 0 Å². The molecule has 0 aromatic heterocycles. The first kappa shape index (κ1) is 22.1. The molecule has 0 saturated carbocycles. The lowest BCUT2D eigenvalue weighted by Crippen LogP contribution is -2.45. The molecule has 2 amide bonds. The smallest absolute Gasteiger partial charge is 0.246 e. The molecule has 0 aliphatic carbocycles. The number of hydrogen-bond acceptors (Lipinski definition) is 3. The molecular formula is C22H26IN5O2. The molecule has 2 aromatic rings. The first-order valence-electron chi connectivity index (χ1n) is 9.87. The van der Waals surface area contributed by atoms with Gasteiger partial charge in [-0.3, -0.25) is 14.6 Å². The zero-order valence-corrected chi connectivity index (χ0v) is 19.2. The Morgan fingerprint density at radius 1 is 1.17 bits per heavy atom. The van der Waals surface area contributed by atoms with Crippen LogP contribution in [0.1, 0.15) is 23.5 Å². The number of guanidine groups is 1. The summed E-state index contributed by atoms with van der Waals surface area (Å²) in [5.41, 5.74) is 4.17. The van der Waals surface area contributed by atoms with Gasteiger partial charge in [0.05, 0.1) is 6.54 Å². The number of halogens is 1. The number of hydrogen-bond donors (Lipinski definition) is 3. The van der Waals surface area contributed by atoms with Gasteiger partial charge in [0.15, 0.2) is 5.96 Å². The van der Waals surface area contributed by atoms with E-state index in [9.17, 15) is 9.59 Å². The molecule has 2 aromatic carbocycles. The molecule has 3 N–H and O–H groups in total. The molecule has 0 spiro atoms. The molecule has 8 heteroatoms. The molecule has 2 heterocycles. The molecule has 1 atom stereocenters. The number of amides is 2. The molecule has 4 rings (SSSR count). The van der Waals surface area contributed by atoms with Crippen LogP contribution in [0.3, 0.4) is 0 Å². The van der Waals surface area contributed by atoms with Gasteiger partial charge < -0.3 is 20.9 Å². The van der Waals surface area contributed by atoms with E-state index in [-0.39, 0.29) is 48.3 Å². The van der Waals surface area contributed by atoms with E-state index in [0.29, 0.717) is 25.5 Å². The number of para-hydroxylation sites is 2. The minimum atomic E-state index is 0. The highest BCUT2D eigenvalue weighted by Gasteiger charge is 2.26. The SMILES string of the molecule is CN=C(NCC(=O)N1CCc2ccccc21)NCC1CC(=O)Nc2ccccc21.I. The molecule has 0 saturated heterocycles. The topological polar surface area (TPSA) is 85.8 Å². The highest BCUT2D eigenvalue weighted by molar-refractivity contribution is 14.0. The van der Waals surface area contributed by atoms with E-state index in [0.717, 1.165) is 23.4 Å². The Morgan fingerprint density at radius 3 is 2.77 bits per heavy atom. The van der Waals surface area contributed by atoms with Crippen molar-refractivity contribution in [3.63, 3.8) is 0 Å². The van der Waals surface area contributed by atoms with Gasteiger partial charge in [0.25, 0.3) is 0 Å². The number of anilines is 2. The second-order valence-electron chi connectivity index (χ2n) is 7.27. The molecule has 0 radical (unpaired) electrons. The number of carbonyl (C=O) groups excluding carboxylic acids is 2. The van der Waals surface area contributed by atoms with Gasteiger partial charge in [-0.1, -0.05) is 36.4 Å². The van der Waals surface area contributed by atoms with Gasteiger partial charge >= 0.3 is 0 Å². The Morgan fingerprint density at radius 2 is 1.93 bits per heavy atom. The van der Waals surface area contributed by atoms with Gasteiger partial charge in [-0.05, 0) is 29.7 Å². The van der Waals surface area contributed by atoms with Gasteiger partial charge in [-0.2, -0.15) is 0 Å². The number of carbonyl (C=O) groups is 2. The number of benzene rings is 2. The maximum Gasteiger partial charge on any atom is 0.246 e. The lowest BCUT2D eigenvalue weighted by atomic mass is 9.90. The predicted molar refractivity (Wildman–Crippen MR) is 130 cm³/mol. The number of aliphatic imine (C=N–C) groups is 1. The molecule has 7 nitrogen and oxygen atoms in total. The van der Waals surface area contributed by atoms with E-state index >= 15 is 0 Å². The molecule has 2 aliphatic heterocycles. The summed E-state index contributed by atoms with van der Waals surface area (Å²) < 4.78 is 0. The molecule has 30 heavy (non-hydrogen) atoms. The Labute approximate surface area is 193 Å².